The van der Waals surface area contributed by atoms with Crippen LogP contribution in [0.15, 0.2) is 59.7 Å². The number of hydrogen-bond donors (Lipinski definition) is 2. The Hall–Kier alpha value is -2.36. The molecule has 0 unspecified atom stereocenters. The highest BCUT2D eigenvalue weighted by atomic mass is 127. The van der Waals surface area contributed by atoms with Crippen LogP contribution in [0.4, 0.5) is 15.9 Å². The van der Waals surface area contributed by atoms with Gasteiger partial charge < -0.3 is 20.4 Å². The Kier molecular flexibility index (Phi) is 8.51. The number of aliphatic imine (C=N–C) groups is 1. The number of nitrogens with one attached hydrogen (secondary N) is 2. The largest absolute Gasteiger partial charge is 0.368 e. The van der Waals surface area contributed by atoms with Crippen molar-refractivity contribution in [3.05, 3.63) is 66.1 Å². The van der Waals surface area contributed by atoms with Crippen LogP contribution in [0.25, 0.3) is 0 Å². The zero-order chi connectivity index (χ0) is 20.8. The molecule has 2 heterocycles. The quantitative estimate of drug-likeness (QED) is 0.265. The van der Waals surface area contributed by atoms with Crippen molar-refractivity contribution >= 4 is 41.4 Å². The maximum absolute atomic E-state index is 13.2. The highest BCUT2D eigenvalue weighted by molar-refractivity contribution is 14.0. The number of anilines is 2. The van der Waals surface area contributed by atoms with Gasteiger partial charge in [0, 0.05) is 57.7 Å². The Balaban J connectivity index is 0.00000272. The summed E-state index contributed by atoms with van der Waals surface area (Å²) in [4.78, 5) is 13.5. The van der Waals surface area contributed by atoms with Crippen molar-refractivity contribution in [2.75, 3.05) is 43.0 Å². The van der Waals surface area contributed by atoms with Gasteiger partial charge in [0.15, 0.2) is 5.96 Å². The van der Waals surface area contributed by atoms with Gasteiger partial charge in [-0.2, -0.15) is 0 Å². The van der Waals surface area contributed by atoms with E-state index in [1.807, 2.05) is 24.4 Å². The van der Waals surface area contributed by atoms with Crippen molar-refractivity contribution < 1.29 is 4.39 Å². The molecule has 0 radical (unpaired) electrons. The third kappa shape index (κ3) is 6.32. The minimum absolute atomic E-state index is 0. The van der Waals surface area contributed by atoms with Crippen molar-refractivity contribution in [2.45, 2.75) is 25.4 Å². The van der Waals surface area contributed by atoms with Gasteiger partial charge in [-0.05, 0) is 54.8 Å². The van der Waals surface area contributed by atoms with E-state index in [1.165, 1.54) is 17.7 Å². The summed E-state index contributed by atoms with van der Waals surface area (Å²) < 4.78 is 13.2. The fraction of sp³-hybridized carbons (Fsp3) is 0.391. The molecule has 1 aromatic heterocycles. The van der Waals surface area contributed by atoms with Gasteiger partial charge in [0.1, 0.15) is 11.6 Å². The summed E-state index contributed by atoms with van der Waals surface area (Å²) in [6.45, 7) is 4.26. The van der Waals surface area contributed by atoms with Gasteiger partial charge in [-0.15, -0.1) is 24.0 Å². The summed E-state index contributed by atoms with van der Waals surface area (Å²) in [5, 5.41) is 6.86. The van der Waals surface area contributed by atoms with Gasteiger partial charge in [-0.1, -0.05) is 12.2 Å². The Morgan fingerprint density at radius 1 is 1.06 bits per heavy atom. The maximum Gasteiger partial charge on any atom is 0.191 e. The lowest BCUT2D eigenvalue weighted by molar-refractivity contribution is 0.624. The fourth-order valence-corrected chi connectivity index (χ4v) is 3.90. The number of nitrogens with zero attached hydrogens (tertiary/aromatic N) is 4. The summed E-state index contributed by atoms with van der Waals surface area (Å²) in [5.74, 6) is 1.63. The number of aromatic nitrogens is 1. The lowest BCUT2D eigenvalue weighted by Crippen LogP contribution is -2.46. The monoisotopic (exact) mass is 536 g/mol. The zero-order valence-corrected chi connectivity index (χ0v) is 20.1. The molecule has 0 spiro atoms. The molecule has 1 aliphatic carbocycles. The molecule has 2 aromatic rings. The first-order valence-corrected chi connectivity index (χ1v) is 10.5. The molecule has 166 valence electrons. The van der Waals surface area contributed by atoms with Crippen LogP contribution >= 0.6 is 24.0 Å². The molecule has 8 heteroatoms. The van der Waals surface area contributed by atoms with Crippen LogP contribution in [0.5, 0.6) is 0 Å². The lowest BCUT2D eigenvalue weighted by Gasteiger charge is -2.36. The minimum atomic E-state index is -0.196. The van der Waals surface area contributed by atoms with E-state index in [0.29, 0.717) is 12.6 Å². The first-order chi connectivity index (χ1) is 14.7. The Bertz CT molecular complexity index is 885. The van der Waals surface area contributed by atoms with E-state index in [4.69, 9.17) is 0 Å². The van der Waals surface area contributed by atoms with Gasteiger partial charge in [0.05, 0.1) is 0 Å². The molecule has 2 aliphatic rings. The maximum atomic E-state index is 13.2. The van der Waals surface area contributed by atoms with Crippen LogP contribution in [-0.2, 0) is 6.54 Å². The molecule has 6 nitrogen and oxygen atoms in total. The summed E-state index contributed by atoms with van der Waals surface area (Å²) >= 11 is 0. The topological polar surface area (TPSA) is 55.8 Å². The van der Waals surface area contributed by atoms with Crippen LogP contribution in [0, 0.1) is 5.82 Å². The zero-order valence-electron chi connectivity index (χ0n) is 17.8. The van der Waals surface area contributed by atoms with E-state index >= 15 is 0 Å². The van der Waals surface area contributed by atoms with Gasteiger partial charge in [0.25, 0.3) is 0 Å². The van der Waals surface area contributed by atoms with Gasteiger partial charge in [0.2, 0.25) is 0 Å². The second-order valence-corrected chi connectivity index (χ2v) is 7.68. The van der Waals surface area contributed by atoms with E-state index in [1.54, 1.807) is 7.05 Å². The first kappa shape index (κ1) is 23.3. The van der Waals surface area contributed by atoms with Gasteiger partial charge in [-0.25, -0.2) is 9.37 Å². The highest BCUT2D eigenvalue weighted by Gasteiger charge is 2.19. The summed E-state index contributed by atoms with van der Waals surface area (Å²) in [6, 6.07) is 11.3. The van der Waals surface area contributed by atoms with E-state index in [0.717, 1.165) is 56.5 Å². The molecule has 1 fully saturated rings. The predicted octanol–water partition coefficient (Wildman–Crippen LogP) is 3.55. The average Bonchev–Trinajstić information content (AvgIpc) is 3.31. The molecule has 0 saturated carbocycles. The SMILES string of the molecule is CN=C(NCc1ccnc(N2CCN(c3ccc(F)cc3)CC2)c1)NC1CC=CC1.I. The highest BCUT2D eigenvalue weighted by Crippen LogP contribution is 2.20. The van der Waals surface area contributed by atoms with Crippen molar-refractivity contribution in [3.63, 3.8) is 0 Å². The molecule has 0 bridgehead atoms. The Morgan fingerprint density at radius 3 is 2.42 bits per heavy atom. The molecule has 2 N–H and O–H groups in total. The molecule has 1 aromatic carbocycles. The van der Waals surface area contributed by atoms with Crippen LogP contribution in [0.1, 0.15) is 18.4 Å². The number of piperazine rings is 1. The normalized spacial score (nSPS) is 16.9. The lowest BCUT2D eigenvalue weighted by atomic mass is 10.2. The minimum Gasteiger partial charge on any atom is -0.368 e. The number of rotatable bonds is 5. The summed E-state index contributed by atoms with van der Waals surface area (Å²) in [6.07, 6.45) is 8.37. The van der Waals surface area contributed by atoms with Crippen molar-refractivity contribution in [1.29, 1.82) is 0 Å². The molecule has 1 saturated heterocycles. The molecular formula is C23H30FIN6. The fourth-order valence-electron chi connectivity index (χ4n) is 3.90. The predicted molar refractivity (Wildman–Crippen MR) is 136 cm³/mol. The first-order valence-electron chi connectivity index (χ1n) is 10.5. The summed E-state index contributed by atoms with van der Waals surface area (Å²) in [5.41, 5.74) is 2.24. The van der Waals surface area contributed by atoms with Crippen LogP contribution in [-0.4, -0.2) is 50.2 Å². The van der Waals surface area contributed by atoms with Crippen molar-refractivity contribution in [3.8, 4) is 0 Å². The molecule has 0 atom stereocenters. The number of hydrogen-bond acceptors (Lipinski definition) is 4. The van der Waals surface area contributed by atoms with Gasteiger partial charge >= 0.3 is 0 Å². The molecule has 31 heavy (non-hydrogen) atoms. The number of guanidine groups is 1. The van der Waals surface area contributed by atoms with E-state index in [2.05, 4.69) is 48.6 Å². The molecule has 1 aliphatic heterocycles. The average molecular weight is 536 g/mol. The molecule has 4 rings (SSSR count). The van der Waals surface area contributed by atoms with Crippen LogP contribution in [0.3, 0.4) is 0 Å². The molecule has 0 amide bonds. The van der Waals surface area contributed by atoms with E-state index in [9.17, 15) is 4.39 Å². The standard InChI is InChI=1S/C23H29FN6.HI/c1-25-23(28-20-4-2-3-5-20)27-17-18-10-11-26-22(16-18)30-14-12-29(13-15-30)21-8-6-19(24)7-9-21;/h2-3,6-11,16,20H,4-5,12-15,17H2,1H3,(H2,25,27,28);1H. The Morgan fingerprint density at radius 2 is 1.74 bits per heavy atom. The number of benzene rings is 1. The van der Waals surface area contributed by atoms with Crippen LogP contribution < -0.4 is 20.4 Å². The molecular weight excluding hydrogens is 506 g/mol. The second kappa shape index (κ2) is 11.3. The third-order valence-electron chi connectivity index (χ3n) is 5.64. The van der Waals surface area contributed by atoms with Crippen molar-refractivity contribution in [2.24, 2.45) is 4.99 Å². The van der Waals surface area contributed by atoms with Crippen LogP contribution in [0.2, 0.25) is 0 Å². The van der Waals surface area contributed by atoms with Crippen molar-refractivity contribution in [1.82, 2.24) is 15.6 Å². The number of halogens is 2. The third-order valence-corrected chi connectivity index (χ3v) is 5.64. The van der Waals surface area contributed by atoms with E-state index in [-0.39, 0.29) is 29.8 Å². The smallest absolute Gasteiger partial charge is 0.191 e. The summed E-state index contributed by atoms with van der Waals surface area (Å²) in [7, 11) is 1.80. The Labute approximate surface area is 200 Å². The van der Waals surface area contributed by atoms with E-state index < -0.39 is 0 Å². The second-order valence-electron chi connectivity index (χ2n) is 7.68. The van der Waals surface area contributed by atoms with Gasteiger partial charge in [-0.3, -0.25) is 4.99 Å². The number of pyridine rings is 1.